The largest absolute Gasteiger partial charge is 0.309 e. The Morgan fingerprint density at radius 2 is 0.757 bits per heavy atom. The first-order chi connectivity index (χ1) is 34.7. The molecule has 0 aliphatic heterocycles. The van der Waals surface area contributed by atoms with Crippen molar-refractivity contribution >= 4 is 107 Å². The van der Waals surface area contributed by atoms with Crippen molar-refractivity contribution in [3.8, 4) is 51.0 Å². The average Bonchev–Trinajstić information content (AvgIpc) is 3.95. The van der Waals surface area contributed by atoms with E-state index in [0.29, 0.717) is 17.5 Å². The van der Waals surface area contributed by atoms with Gasteiger partial charge in [-0.15, -0.1) is 11.3 Å². The number of nitrogens with zero attached hydrogens (tertiary/aromatic N) is 4. The van der Waals surface area contributed by atoms with E-state index in [2.05, 4.69) is 235 Å². The summed E-state index contributed by atoms with van der Waals surface area (Å²) in [5, 5.41) is 16.3. The topological polar surface area (TPSA) is 43.6 Å². The summed E-state index contributed by atoms with van der Waals surface area (Å²) in [7, 11) is 0. The molecule has 5 heteroatoms. The molecular weight excluding hydrogens is 869 g/mol. The van der Waals surface area contributed by atoms with Crippen molar-refractivity contribution in [2.75, 3.05) is 0 Å². The van der Waals surface area contributed by atoms with E-state index in [0.717, 1.165) is 87.6 Å². The Kier molecular flexibility index (Phi) is 8.49. The Bertz CT molecular complexity index is 4430. The van der Waals surface area contributed by atoms with Crippen molar-refractivity contribution in [2.24, 2.45) is 0 Å². The van der Waals surface area contributed by atoms with E-state index in [1.807, 2.05) is 11.3 Å². The summed E-state index contributed by atoms with van der Waals surface area (Å²) >= 11 is 1.84. The van der Waals surface area contributed by atoms with Gasteiger partial charge in [0.05, 0.1) is 16.7 Å². The van der Waals surface area contributed by atoms with Gasteiger partial charge in [-0.3, -0.25) is 0 Å². The summed E-state index contributed by atoms with van der Waals surface area (Å²) in [6.45, 7) is 0. The number of thiophene rings is 1. The predicted octanol–water partition coefficient (Wildman–Crippen LogP) is 17.8. The van der Waals surface area contributed by atoms with Crippen molar-refractivity contribution in [2.45, 2.75) is 0 Å². The minimum atomic E-state index is 0.608. The van der Waals surface area contributed by atoms with Gasteiger partial charge < -0.3 is 4.57 Å². The van der Waals surface area contributed by atoms with Gasteiger partial charge in [-0.05, 0) is 126 Å². The minimum absolute atomic E-state index is 0.608. The lowest BCUT2D eigenvalue weighted by Crippen LogP contribution is -2.03. The maximum Gasteiger partial charge on any atom is 0.165 e. The highest BCUT2D eigenvalue weighted by Gasteiger charge is 2.23. The first-order valence-electron chi connectivity index (χ1n) is 23.7. The third-order valence-corrected chi connectivity index (χ3v) is 15.5. The molecule has 0 aliphatic carbocycles. The lowest BCUT2D eigenvalue weighted by Gasteiger charge is -2.18. The first-order valence-corrected chi connectivity index (χ1v) is 24.6. The predicted molar refractivity (Wildman–Crippen MR) is 296 cm³/mol. The van der Waals surface area contributed by atoms with E-state index in [4.69, 9.17) is 15.0 Å². The Labute approximate surface area is 406 Å². The highest BCUT2D eigenvalue weighted by molar-refractivity contribution is 7.25. The van der Waals surface area contributed by atoms with Gasteiger partial charge in [0.15, 0.2) is 17.5 Å². The summed E-state index contributed by atoms with van der Waals surface area (Å²) in [4.78, 5) is 16.7. The molecule has 0 bridgehead atoms. The van der Waals surface area contributed by atoms with E-state index in [1.54, 1.807) is 0 Å². The van der Waals surface area contributed by atoms with Crippen LogP contribution in [0, 0.1) is 0 Å². The second-order valence-electron chi connectivity index (χ2n) is 18.3. The summed E-state index contributed by atoms with van der Waals surface area (Å²) in [5.41, 5.74) is 8.48. The fourth-order valence-electron chi connectivity index (χ4n) is 11.1. The molecule has 70 heavy (non-hydrogen) atoms. The maximum absolute atomic E-state index is 5.58. The van der Waals surface area contributed by atoms with Crippen LogP contribution in [-0.4, -0.2) is 19.5 Å². The van der Waals surface area contributed by atoms with Crippen LogP contribution in [0.5, 0.6) is 0 Å². The molecule has 4 nitrogen and oxygen atoms in total. The fourth-order valence-corrected chi connectivity index (χ4v) is 12.2. The first kappa shape index (κ1) is 39.0. The highest BCUT2D eigenvalue weighted by Crippen LogP contribution is 2.44. The maximum atomic E-state index is 5.58. The Morgan fingerprint density at radius 1 is 0.286 bits per heavy atom. The molecule has 3 aromatic heterocycles. The van der Waals surface area contributed by atoms with E-state index in [-0.39, 0.29) is 0 Å². The number of fused-ring (bicyclic) bond motifs is 11. The molecule has 0 saturated heterocycles. The van der Waals surface area contributed by atoms with Crippen LogP contribution in [0.2, 0.25) is 0 Å². The second kappa shape index (κ2) is 15.2. The van der Waals surface area contributed by atoms with E-state index in [9.17, 15) is 0 Å². The van der Waals surface area contributed by atoms with Crippen LogP contribution in [0.25, 0.3) is 147 Å². The van der Waals surface area contributed by atoms with Gasteiger partial charge in [0.1, 0.15) is 0 Å². The molecule has 324 valence electrons. The molecule has 15 rings (SSSR count). The zero-order valence-corrected chi connectivity index (χ0v) is 38.5. The minimum Gasteiger partial charge on any atom is -0.309 e. The molecule has 0 unspecified atom stereocenters. The number of aromatic nitrogens is 4. The number of para-hydroxylation sites is 1. The summed E-state index contributed by atoms with van der Waals surface area (Å²) in [6.07, 6.45) is 0. The van der Waals surface area contributed by atoms with Crippen LogP contribution in [0.1, 0.15) is 0 Å². The van der Waals surface area contributed by atoms with Gasteiger partial charge in [-0.25, -0.2) is 15.0 Å². The fraction of sp³-hybridized carbons (Fsp3) is 0. The average molecular weight is 907 g/mol. The van der Waals surface area contributed by atoms with Gasteiger partial charge in [0, 0.05) is 53.2 Å². The molecule has 3 heterocycles. The van der Waals surface area contributed by atoms with Gasteiger partial charge in [0.2, 0.25) is 0 Å². The molecular formula is C65H38N4S. The smallest absolute Gasteiger partial charge is 0.165 e. The number of benzene rings is 12. The molecule has 0 amide bonds. The molecule has 12 aromatic carbocycles. The van der Waals surface area contributed by atoms with Crippen LogP contribution >= 0.6 is 11.3 Å². The van der Waals surface area contributed by atoms with Crippen LogP contribution in [0.4, 0.5) is 0 Å². The molecule has 0 fully saturated rings. The SMILES string of the molecule is c1ccc2cc3c(cc2c1)c1ccccc1n3-c1ccc(-c2nc(-c3c4ccccc4cc4ccccc34)nc(-c3c4ccccc4cc4ccccc34)n2)cc1-c1ccc2sc3ccccc3c2c1. The van der Waals surface area contributed by atoms with Crippen molar-refractivity contribution < 1.29 is 0 Å². The lowest BCUT2D eigenvalue weighted by molar-refractivity contribution is 1.08. The van der Waals surface area contributed by atoms with Crippen LogP contribution < -0.4 is 0 Å². The molecule has 0 spiro atoms. The Morgan fingerprint density at radius 3 is 1.37 bits per heavy atom. The number of hydrogen-bond acceptors (Lipinski definition) is 4. The zero-order valence-electron chi connectivity index (χ0n) is 37.6. The van der Waals surface area contributed by atoms with Crippen molar-refractivity contribution in [1.82, 2.24) is 19.5 Å². The van der Waals surface area contributed by atoms with Gasteiger partial charge in [-0.2, -0.15) is 0 Å². The van der Waals surface area contributed by atoms with Crippen LogP contribution in [-0.2, 0) is 0 Å². The summed E-state index contributed by atoms with van der Waals surface area (Å²) in [5.74, 6) is 1.88. The zero-order chi connectivity index (χ0) is 45.9. The molecule has 0 saturated carbocycles. The molecule has 0 atom stereocenters. The van der Waals surface area contributed by atoms with Crippen molar-refractivity contribution in [3.63, 3.8) is 0 Å². The van der Waals surface area contributed by atoms with Crippen LogP contribution in [0.15, 0.2) is 231 Å². The Balaban J connectivity index is 1.05. The quantitative estimate of drug-likeness (QED) is 0.162. The second-order valence-corrected chi connectivity index (χ2v) is 19.4. The standard InChI is InChI=1S/C65H38N4S/c1-2-16-40-38-58-54(35-39(40)15-1)51-25-11-13-27-56(51)69(58)57-31-29-46(37-53(57)45-30-32-60-55(36-45)52-26-12-14-28-59(52)70-60)63-66-64(61-47-21-7-3-17-41(47)33-42-18-4-8-22-48(42)61)68-65(67-63)62-49-23-9-5-19-43(49)34-44-20-6-10-24-50(44)62/h1-38H. The number of hydrogen-bond donors (Lipinski definition) is 0. The van der Waals surface area contributed by atoms with Gasteiger partial charge in [-0.1, -0.05) is 164 Å². The molecule has 0 aliphatic rings. The van der Waals surface area contributed by atoms with Gasteiger partial charge >= 0.3 is 0 Å². The Hall–Kier alpha value is -9.03. The van der Waals surface area contributed by atoms with E-state index >= 15 is 0 Å². The molecule has 0 N–H and O–H groups in total. The number of rotatable bonds is 5. The summed E-state index contributed by atoms with van der Waals surface area (Å²) in [6, 6.07) is 83.6. The van der Waals surface area contributed by atoms with Gasteiger partial charge in [0.25, 0.3) is 0 Å². The highest BCUT2D eigenvalue weighted by atomic mass is 32.1. The van der Waals surface area contributed by atoms with E-state index in [1.165, 1.54) is 41.7 Å². The van der Waals surface area contributed by atoms with Crippen molar-refractivity contribution in [1.29, 1.82) is 0 Å². The van der Waals surface area contributed by atoms with Crippen LogP contribution in [0.3, 0.4) is 0 Å². The van der Waals surface area contributed by atoms with Crippen molar-refractivity contribution in [3.05, 3.63) is 231 Å². The lowest BCUT2D eigenvalue weighted by atomic mass is 9.95. The molecule has 0 radical (unpaired) electrons. The monoisotopic (exact) mass is 906 g/mol. The molecule has 15 aromatic rings. The third kappa shape index (κ3) is 5.98. The van der Waals surface area contributed by atoms with E-state index < -0.39 is 0 Å². The normalized spacial score (nSPS) is 12.0. The summed E-state index contributed by atoms with van der Waals surface area (Å²) < 4.78 is 5.01. The third-order valence-electron chi connectivity index (χ3n) is 14.3.